The number of carboxylic acids is 1. The van der Waals surface area contributed by atoms with Gasteiger partial charge in [-0.25, -0.2) is 0 Å². The number of amides is 1. The normalized spacial score (nSPS) is 23.2. The molecular weight excluding hydrogens is 322 g/mol. The molecule has 25 heavy (non-hydrogen) atoms. The van der Waals surface area contributed by atoms with Crippen molar-refractivity contribution in [3.63, 3.8) is 0 Å². The number of carbonyl (C=O) groups is 2. The summed E-state index contributed by atoms with van der Waals surface area (Å²) in [5.41, 5.74) is 1.04. The van der Waals surface area contributed by atoms with Crippen LogP contribution in [0.15, 0.2) is 42.5 Å². The first-order chi connectivity index (χ1) is 11.9. The van der Waals surface area contributed by atoms with E-state index in [4.69, 9.17) is 5.11 Å². The van der Waals surface area contributed by atoms with E-state index in [0.29, 0.717) is 13.0 Å². The molecule has 1 amide bonds. The molecule has 2 rings (SSSR count). The Labute approximate surface area is 147 Å². The highest BCUT2D eigenvalue weighted by molar-refractivity contribution is 5.79. The summed E-state index contributed by atoms with van der Waals surface area (Å²) in [6.45, 7) is 2.50. The van der Waals surface area contributed by atoms with Gasteiger partial charge in [-0.15, -0.1) is 0 Å². The highest BCUT2D eigenvalue weighted by atomic mass is 16.4. The predicted octanol–water partition coefficient (Wildman–Crippen LogP) is 1.57. The second-order valence-corrected chi connectivity index (χ2v) is 6.62. The van der Waals surface area contributed by atoms with Crippen LogP contribution in [0.3, 0.4) is 0 Å². The largest absolute Gasteiger partial charge is 0.481 e. The average Bonchev–Trinajstić information content (AvgIpc) is 2.79. The number of aliphatic carboxylic acids is 1. The summed E-state index contributed by atoms with van der Waals surface area (Å²) in [6.07, 6.45) is 1.30. The molecule has 0 unspecified atom stereocenters. The molecule has 1 fully saturated rings. The summed E-state index contributed by atoms with van der Waals surface area (Å²) < 4.78 is 0. The Morgan fingerprint density at radius 1 is 1.32 bits per heavy atom. The molecule has 3 N–H and O–H groups in total. The molecule has 1 saturated heterocycles. The van der Waals surface area contributed by atoms with Gasteiger partial charge >= 0.3 is 5.97 Å². The van der Waals surface area contributed by atoms with E-state index in [1.807, 2.05) is 37.3 Å². The SMILES string of the molecule is C[C@H]1CC(=O)N(Cc2ccccc2)[C@@H]1/C=C/[C@@H](O)C[C@@H](O)CC(=O)O. The van der Waals surface area contributed by atoms with Crippen LogP contribution in [-0.2, 0) is 16.1 Å². The first-order valence-electron chi connectivity index (χ1n) is 8.46. The van der Waals surface area contributed by atoms with Gasteiger partial charge in [0.2, 0.25) is 5.91 Å². The zero-order chi connectivity index (χ0) is 18.4. The fraction of sp³-hybridized carbons (Fsp3) is 0.474. The molecule has 6 heteroatoms. The lowest BCUT2D eigenvalue weighted by Gasteiger charge is -2.25. The molecule has 1 aromatic rings. The van der Waals surface area contributed by atoms with Gasteiger partial charge in [0.25, 0.3) is 0 Å². The van der Waals surface area contributed by atoms with Crippen molar-refractivity contribution in [3.05, 3.63) is 48.0 Å². The second kappa shape index (κ2) is 8.78. The van der Waals surface area contributed by atoms with E-state index in [0.717, 1.165) is 5.56 Å². The maximum atomic E-state index is 12.3. The van der Waals surface area contributed by atoms with E-state index in [2.05, 4.69) is 0 Å². The quantitative estimate of drug-likeness (QED) is 0.620. The summed E-state index contributed by atoms with van der Waals surface area (Å²) in [4.78, 5) is 24.6. The zero-order valence-electron chi connectivity index (χ0n) is 14.3. The van der Waals surface area contributed by atoms with E-state index in [1.165, 1.54) is 0 Å². The number of likely N-dealkylation sites (tertiary alicyclic amines) is 1. The number of benzene rings is 1. The molecule has 0 radical (unpaired) electrons. The molecule has 136 valence electrons. The highest BCUT2D eigenvalue weighted by Gasteiger charge is 2.35. The van der Waals surface area contributed by atoms with Crippen molar-refractivity contribution in [1.29, 1.82) is 0 Å². The van der Waals surface area contributed by atoms with Gasteiger partial charge in [-0.3, -0.25) is 9.59 Å². The summed E-state index contributed by atoms with van der Waals surface area (Å²) in [7, 11) is 0. The minimum atomic E-state index is -1.10. The Hall–Kier alpha value is -2.18. The maximum Gasteiger partial charge on any atom is 0.305 e. The standard InChI is InChI=1S/C19H25NO5/c1-13-9-18(23)20(12-14-5-3-2-4-6-14)17(13)8-7-15(21)10-16(22)11-19(24)25/h2-8,13,15-17,21-22H,9-12H2,1H3,(H,24,25)/b8-7+/t13-,15+,16+,17+/m0/s1. The molecule has 4 atom stereocenters. The maximum absolute atomic E-state index is 12.3. The van der Waals surface area contributed by atoms with Crippen molar-refractivity contribution >= 4 is 11.9 Å². The fourth-order valence-corrected chi connectivity index (χ4v) is 3.14. The minimum Gasteiger partial charge on any atom is -0.481 e. The number of hydrogen-bond donors (Lipinski definition) is 3. The highest BCUT2D eigenvalue weighted by Crippen LogP contribution is 2.28. The number of rotatable bonds is 8. The predicted molar refractivity (Wildman–Crippen MR) is 92.6 cm³/mol. The smallest absolute Gasteiger partial charge is 0.305 e. The fourth-order valence-electron chi connectivity index (χ4n) is 3.14. The minimum absolute atomic E-state index is 0.0451. The van der Waals surface area contributed by atoms with E-state index in [9.17, 15) is 19.8 Å². The topological polar surface area (TPSA) is 98.1 Å². The van der Waals surface area contributed by atoms with E-state index < -0.39 is 24.6 Å². The van der Waals surface area contributed by atoms with Crippen LogP contribution in [0.25, 0.3) is 0 Å². The zero-order valence-corrected chi connectivity index (χ0v) is 14.3. The Balaban J connectivity index is 1.99. The van der Waals surface area contributed by atoms with Crippen molar-refractivity contribution in [2.75, 3.05) is 0 Å². The van der Waals surface area contributed by atoms with Crippen LogP contribution in [-0.4, -0.2) is 50.3 Å². The lowest BCUT2D eigenvalue weighted by atomic mass is 10.0. The lowest BCUT2D eigenvalue weighted by molar-refractivity contribution is -0.139. The van der Waals surface area contributed by atoms with Gasteiger partial charge in [-0.2, -0.15) is 0 Å². The molecule has 1 heterocycles. The Kier molecular flexibility index (Phi) is 6.73. The van der Waals surface area contributed by atoms with E-state index in [-0.39, 0.29) is 24.3 Å². The molecule has 0 aromatic heterocycles. The second-order valence-electron chi connectivity index (χ2n) is 6.62. The summed E-state index contributed by atoms with van der Waals surface area (Å²) in [5.74, 6) is -0.900. The molecule has 0 bridgehead atoms. The van der Waals surface area contributed by atoms with Crippen molar-refractivity contribution in [2.24, 2.45) is 5.92 Å². The Morgan fingerprint density at radius 3 is 2.64 bits per heavy atom. The van der Waals surface area contributed by atoms with Crippen molar-refractivity contribution in [1.82, 2.24) is 4.90 Å². The van der Waals surface area contributed by atoms with E-state index >= 15 is 0 Å². The van der Waals surface area contributed by atoms with Crippen LogP contribution in [0.4, 0.5) is 0 Å². The van der Waals surface area contributed by atoms with Crippen LogP contribution < -0.4 is 0 Å². The average molecular weight is 347 g/mol. The number of aliphatic hydroxyl groups excluding tert-OH is 2. The number of carbonyl (C=O) groups excluding carboxylic acids is 1. The van der Waals surface area contributed by atoms with Gasteiger partial charge in [0.15, 0.2) is 0 Å². The monoisotopic (exact) mass is 347 g/mol. The number of nitrogens with zero attached hydrogens (tertiary/aromatic N) is 1. The molecular formula is C19H25NO5. The van der Waals surface area contributed by atoms with Crippen molar-refractivity contribution < 1.29 is 24.9 Å². The third-order valence-electron chi connectivity index (χ3n) is 4.41. The van der Waals surface area contributed by atoms with Gasteiger partial charge in [-0.1, -0.05) is 49.4 Å². The summed E-state index contributed by atoms with van der Waals surface area (Å²) in [5, 5.41) is 28.2. The van der Waals surface area contributed by atoms with Crippen LogP contribution in [0, 0.1) is 5.92 Å². The van der Waals surface area contributed by atoms with Crippen LogP contribution in [0.2, 0.25) is 0 Å². The lowest BCUT2D eigenvalue weighted by Crippen LogP contribution is -2.33. The van der Waals surface area contributed by atoms with Gasteiger partial charge < -0.3 is 20.2 Å². The molecule has 0 saturated carbocycles. The van der Waals surface area contributed by atoms with Crippen LogP contribution >= 0.6 is 0 Å². The van der Waals surface area contributed by atoms with Gasteiger partial charge in [-0.05, 0) is 11.5 Å². The number of carboxylic acid groups (broad SMARTS) is 1. The third kappa shape index (κ3) is 5.69. The van der Waals surface area contributed by atoms with Crippen molar-refractivity contribution in [3.8, 4) is 0 Å². The number of aliphatic hydroxyl groups is 2. The van der Waals surface area contributed by atoms with Gasteiger partial charge in [0.1, 0.15) is 0 Å². The summed E-state index contributed by atoms with van der Waals surface area (Å²) >= 11 is 0. The van der Waals surface area contributed by atoms with Gasteiger partial charge in [0.05, 0.1) is 24.7 Å². The molecule has 0 spiro atoms. The molecule has 6 nitrogen and oxygen atoms in total. The third-order valence-corrected chi connectivity index (χ3v) is 4.41. The van der Waals surface area contributed by atoms with Crippen LogP contribution in [0.5, 0.6) is 0 Å². The first-order valence-corrected chi connectivity index (χ1v) is 8.46. The molecule has 1 aliphatic heterocycles. The molecule has 0 aliphatic carbocycles. The van der Waals surface area contributed by atoms with Gasteiger partial charge in [0, 0.05) is 19.4 Å². The molecule has 1 aliphatic rings. The Morgan fingerprint density at radius 2 is 2.00 bits per heavy atom. The molecule has 1 aromatic carbocycles. The number of hydrogen-bond acceptors (Lipinski definition) is 4. The first kappa shape index (κ1) is 19.1. The van der Waals surface area contributed by atoms with Crippen molar-refractivity contribution in [2.45, 2.75) is 51.0 Å². The Bertz CT molecular complexity index is 616. The van der Waals surface area contributed by atoms with Crippen LogP contribution in [0.1, 0.15) is 31.7 Å². The summed E-state index contributed by atoms with van der Waals surface area (Å²) in [6, 6.07) is 9.59. The van der Waals surface area contributed by atoms with E-state index in [1.54, 1.807) is 17.1 Å².